The monoisotopic (exact) mass is 939 g/mol. The normalized spacial score (nSPS) is 16.8. The molecule has 2 aliphatic heterocycles. The number of unbranched alkanes of at least 4 members (excludes halogenated alkanes) is 2. The summed E-state index contributed by atoms with van der Waals surface area (Å²) in [4.78, 5) is 2.21. The number of hydrogen-bond donors (Lipinski definition) is 4. The molecule has 0 aliphatic carbocycles. The molecule has 4 aromatic rings. The minimum atomic E-state index is -4.73. The van der Waals surface area contributed by atoms with E-state index in [2.05, 4.69) is 78.5 Å². The molecule has 18 heteroatoms. The number of fused-ring (bicyclic) bond motifs is 4. The fourth-order valence-corrected chi connectivity index (χ4v) is 10.7. The Hall–Kier alpha value is -4.15. The molecule has 63 heavy (non-hydrogen) atoms. The van der Waals surface area contributed by atoms with E-state index in [1.807, 2.05) is 74.6 Å². The summed E-state index contributed by atoms with van der Waals surface area (Å²) in [6, 6.07) is 23.2. The average molecular weight is 940 g/mol. The average Bonchev–Trinajstić information content (AvgIpc) is 3.59. The van der Waals surface area contributed by atoms with Gasteiger partial charge in [0, 0.05) is 75.5 Å². The second kappa shape index (κ2) is 20.8. The molecule has 2 heterocycles. The first-order valence-electron chi connectivity index (χ1n) is 20.1. The van der Waals surface area contributed by atoms with Crippen molar-refractivity contribution >= 4 is 72.2 Å². The minimum absolute atomic E-state index is 0.280. The highest BCUT2D eigenvalue weighted by molar-refractivity contribution is 7.94. The maximum Gasteiger partial charge on any atom is 0.295 e. The number of rotatable bonds is 21. The van der Waals surface area contributed by atoms with E-state index in [9.17, 15) is 25.9 Å². The highest BCUT2D eigenvalue weighted by atomic mass is 32.2. The molecule has 336 valence electrons. The lowest BCUT2D eigenvalue weighted by molar-refractivity contribution is -0.438. The summed E-state index contributed by atoms with van der Waals surface area (Å²) < 4.78 is 79.8. The number of benzene rings is 4. The molecule has 4 aromatic carbocycles. The van der Waals surface area contributed by atoms with Crippen LogP contribution in [0.5, 0.6) is 0 Å². The molecule has 0 aromatic heterocycles. The van der Waals surface area contributed by atoms with Gasteiger partial charge in [-0.05, 0) is 85.5 Å². The SMILES string of the molecule is CC1(C)C(/C=C/C=C/C=C/C=C2/N(CCCCS(=O)(=O)O)c3cc(-c4ccccc4)ccc3C2(C)C)=[N+](CCCCSOOO)c2ccc3cc(SOOO)cc(S(=O)(=O)O)c3c21. The molecular weight excluding hydrogens is 889 g/mol. The Morgan fingerprint density at radius 3 is 2.21 bits per heavy atom. The van der Waals surface area contributed by atoms with Gasteiger partial charge in [-0.15, -0.1) is 8.67 Å². The minimum Gasteiger partial charge on any atom is -0.344 e. The van der Waals surface area contributed by atoms with E-state index in [1.165, 1.54) is 6.07 Å². The van der Waals surface area contributed by atoms with Crippen LogP contribution in [0.3, 0.4) is 0 Å². The van der Waals surface area contributed by atoms with Crippen molar-refractivity contribution in [2.75, 3.05) is 29.5 Å². The Morgan fingerprint density at radius 2 is 1.49 bits per heavy atom. The fraction of sp³-hybridized carbons (Fsp3) is 0.311. The Morgan fingerprint density at radius 1 is 0.762 bits per heavy atom. The first kappa shape index (κ1) is 48.3. The summed E-state index contributed by atoms with van der Waals surface area (Å²) >= 11 is 1.56. The van der Waals surface area contributed by atoms with E-state index in [1.54, 1.807) is 12.1 Å². The lowest BCUT2D eigenvalue weighted by atomic mass is 9.79. The van der Waals surface area contributed by atoms with Crippen molar-refractivity contribution in [2.24, 2.45) is 0 Å². The first-order valence-corrected chi connectivity index (χ1v) is 24.8. The van der Waals surface area contributed by atoms with Crippen LogP contribution in [0.4, 0.5) is 11.4 Å². The zero-order chi connectivity index (χ0) is 45.4. The third-order valence-electron chi connectivity index (χ3n) is 11.2. The number of allylic oxidation sites excluding steroid dienone is 8. The Labute approximate surface area is 376 Å². The zero-order valence-corrected chi connectivity index (χ0v) is 38.5. The van der Waals surface area contributed by atoms with Gasteiger partial charge < -0.3 is 4.90 Å². The third kappa shape index (κ3) is 11.4. The smallest absolute Gasteiger partial charge is 0.295 e. The summed E-state index contributed by atoms with van der Waals surface area (Å²) in [5, 5.41) is 25.5. The molecule has 0 saturated carbocycles. The van der Waals surface area contributed by atoms with Crippen molar-refractivity contribution in [3.8, 4) is 11.1 Å². The van der Waals surface area contributed by atoms with Gasteiger partial charge in [-0.25, -0.2) is 10.5 Å². The van der Waals surface area contributed by atoms with Crippen molar-refractivity contribution in [3.05, 3.63) is 132 Å². The lowest BCUT2D eigenvalue weighted by Crippen LogP contribution is -2.28. The predicted molar refractivity (Wildman–Crippen MR) is 247 cm³/mol. The van der Waals surface area contributed by atoms with Crippen molar-refractivity contribution in [1.82, 2.24) is 0 Å². The summed E-state index contributed by atoms with van der Waals surface area (Å²) in [5.74, 6) is 0.254. The molecule has 0 unspecified atom stereocenters. The molecule has 0 bridgehead atoms. The van der Waals surface area contributed by atoms with E-state index in [4.69, 9.17) is 10.5 Å². The number of anilines is 1. The van der Waals surface area contributed by atoms with Crippen LogP contribution in [-0.2, 0) is 49.8 Å². The van der Waals surface area contributed by atoms with E-state index >= 15 is 0 Å². The van der Waals surface area contributed by atoms with Gasteiger partial charge in [0.15, 0.2) is 5.71 Å². The first-order chi connectivity index (χ1) is 30.0. The number of nitrogens with zero attached hydrogens (tertiary/aromatic N) is 2. The zero-order valence-electron chi connectivity index (χ0n) is 35.2. The van der Waals surface area contributed by atoms with Crippen LogP contribution in [0.15, 0.2) is 131 Å². The van der Waals surface area contributed by atoms with Crippen molar-refractivity contribution in [2.45, 2.75) is 74.0 Å². The Bertz CT molecular complexity index is 2680. The van der Waals surface area contributed by atoms with E-state index in [-0.39, 0.29) is 21.0 Å². The quantitative estimate of drug-likeness (QED) is 0.0117. The van der Waals surface area contributed by atoms with Crippen LogP contribution < -0.4 is 4.90 Å². The summed E-state index contributed by atoms with van der Waals surface area (Å²) in [6.45, 7) is 9.47. The van der Waals surface area contributed by atoms with Gasteiger partial charge in [0.25, 0.3) is 20.2 Å². The van der Waals surface area contributed by atoms with Gasteiger partial charge in [0.05, 0.1) is 23.2 Å². The highest BCUT2D eigenvalue weighted by Gasteiger charge is 2.46. The molecule has 0 fully saturated rings. The lowest BCUT2D eigenvalue weighted by Gasteiger charge is -2.27. The molecule has 14 nitrogen and oxygen atoms in total. The standard InChI is InChI=1S/C45H50N2O12S4/c1-44(2)36-23-21-33(32-17-9-8-10-18-32)30-38(36)47(26-14-16-28-62(50,51)52)40(44)19-11-6-5-7-12-20-41-45(3,4)43-37(46(41)25-13-15-27-60-58-56-48)24-22-34-29-35(61-59-57-49)31-39(42(34)43)63(53,54)55/h5-12,17-24,29-31H,13-16,25-28H2,1-4H3,(H3-,48,49,50,51,52,53,54,55)/p+1. The maximum atomic E-state index is 12.9. The van der Waals surface area contributed by atoms with Gasteiger partial charge >= 0.3 is 0 Å². The molecule has 0 saturated heterocycles. The molecule has 4 N–H and O–H groups in total. The third-order valence-corrected chi connectivity index (χ3v) is 14.1. The summed E-state index contributed by atoms with van der Waals surface area (Å²) in [5.41, 5.74) is 6.72. The van der Waals surface area contributed by atoms with Crippen LogP contribution in [0.1, 0.15) is 64.5 Å². The van der Waals surface area contributed by atoms with Gasteiger partial charge in [-0.1, -0.05) is 96.8 Å². The van der Waals surface area contributed by atoms with E-state index in [0.29, 0.717) is 72.9 Å². The fourth-order valence-electron chi connectivity index (χ4n) is 8.45. The summed E-state index contributed by atoms with van der Waals surface area (Å²) in [6.07, 6.45) is 16.0. The Balaban J connectivity index is 1.30. The maximum absolute atomic E-state index is 12.9. The van der Waals surface area contributed by atoms with Crippen LogP contribution in [0.25, 0.3) is 21.9 Å². The molecule has 0 atom stereocenters. The largest absolute Gasteiger partial charge is 0.344 e. The molecule has 2 aliphatic rings. The topological polar surface area (TPSA) is 192 Å². The molecule has 6 rings (SSSR count). The molecule has 0 spiro atoms. The van der Waals surface area contributed by atoms with E-state index < -0.39 is 25.7 Å². The highest BCUT2D eigenvalue weighted by Crippen LogP contribution is 2.50. The van der Waals surface area contributed by atoms with Gasteiger partial charge in [-0.3, -0.25) is 9.11 Å². The molecule has 0 radical (unpaired) electrons. The van der Waals surface area contributed by atoms with Crippen LogP contribution in [-0.4, -0.2) is 71.3 Å². The van der Waals surface area contributed by atoms with Crippen molar-refractivity contribution in [1.29, 1.82) is 0 Å². The van der Waals surface area contributed by atoms with Gasteiger partial charge in [0.2, 0.25) is 5.69 Å². The predicted octanol–water partition coefficient (Wildman–Crippen LogP) is 10.4. The molecular formula is C45H51N2O12S4+. The van der Waals surface area contributed by atoms with Crippen LogP contribution >= 0.6 is 24.1 Å². The van der Waals surface area contributed by atoms with Crippen LogP contribution in [0.2, 0.25) is 0 Å². The second-order valence-electron chi connectivity index (χ2n) is 16.1. The van der Waals surface area contributed by atoms with Crippen molar-refractivity contribution < 1.29 is 59.8 Å². The second-order valence-corrected chi connectivity index (χ2v) is 20.6. The van der Waals surface area contributed by atoms with Crippen molar-refractivity contribution in [3.63, 3.8) is 0 Å². The number of hydrogen-bond acceptors (Lipinski definition) is 13. The van der Waals surface area contributed by atoms with E-state index in [0.717, 1.165) is 51.5 Å². The van der Waals surface area contributed by atoms with Crippen LogP contribution in [0, 0.1) is 0 Å². The molecule has 0 amide bonds. The summed E-state index contributed by atoms with van der Waals surface area (Å²) in [7, 11) is -8.79. The van der Waals surface area contributed by atoms with Gasteiger partial charge in [0.1, 0.15) is 11.4 Å². The Kier molecular flexibility index (Phi) is 15.9. The van der Waals surface area contributed by atoms with Gasteiger partial charge in [-0.2, -0.15) is 21.4 Å².